The largest absolute Gasteiger partial charge is 0.450 e. The molecule has 7 rings (SSSR count). The lowest BCUT2D eigenvalue weighted by Gasteiger charge is -1.93. The van der Waals surface area contributed by atoms with E-state index in [1.807, 2.05) is 72.8 Å². The molecule has 2 aromatic carbocycles. The summed E-state index contributed by atoms with van der Waals surface area (Å²) in [5.74, 6) is 4.13. The number of aromatic nitrogens is 2. The van der Waals surface area contributed by atoms with Crippen LogP contribution in [0.3, 0.4) is 0 Å². The molecule has 0 spiro atoms. The lowest BCUT2D eigenvalue weighted by Crippen LogP contribution is -1.72. The molecule has 0 saturated carbocycles. The molecular formula is C26H14N2O5. The molecule has 0 saturated heterocycles. The average Bonchev–Trinajstić information content (AvgIpc) is 3.66. The van der Waals surface area contributed by atoms with Gasteiger partial charge in [-0.3, -0.25) is 0 Å². The van der Waals surface area contributed by atoms with Gasteiger partial charge in [-0.1, -0.05) is 24.3 Å². The fourth-order valence-corrected chi connectivity index (χ4v) is 3.73. The van der Waals surface area contributed by atoms with Crippen LogP contribution >= 0.6 is 0 Å². The third-order valence-electron chi connectivity index (χ3n) is 5.31. The van der Waals surface area contributed by atoms with Crippen LogP contribution in [0.2, 0.25) is 0 Å². The second kappa shape index (κ2) is 6.86. The Morgan fingerprint density at radius 1 is 0.364 bits per heavy atom. The molecule has 7 nitrogen and oxygen atoms in total. The Balaban J connectivity index is 1.17. The summed E-state index contributed by atoms with van der Waals surface area (Å²) in [6, 6.07) is 26.1. The number of oxazole rings is 2. The van der Waals surface area contributed by atoms with Crippen LogP contribution in [0.1, 0.15) is 0 Å². The lowest BCUT2D eigenvalue weighted by molar-refractivity contribution is 0.499. The third kappa shape index (κ3) is 2.98. The SMILES string of the molecule is c1ccc2oc(-c3ccc(-c4ccc(-c5ccc(-c6nc7ccccc7o6)o5)o4)o3)nc2c1. The van der Waals surface area contributed by atoms with E-state index in [1.54, 1.807) is 12.1 Å². The number of nitrogens with zero attached hydrogens (tertiary/aromatic N) is 2. The van der Waals surface area contributed by atoms with E-state index in [1.165, 1.54) is 0 Å². The number of rotatable bonds is 4. The standard InChI is InChI=1S/C26H14N2O5/c1-3-7-17-15(5-1)27-25(32-17)23-13-11-21(30-23)19-9-10-20(29-19)22-12-14-24(31-22)26-28-16-6-2-4-8-18(16)33-26/h1-14H. The van der Waals surface area contributed by atoms with Gasteiger partial charge in [-0.15, -0.1) is 0 Å². The van der Waals surface area contributed by atoms with E-state index in [2.05, 4.69) is 9.97 Å². The molecule has 0 N–H and O–H groups in total. The highest BCUT2D eigenvalue weighted by Crippen LogP contribution is 2.35. The molecular weight excluding hydrogens is 420 g/mol. The molecule has 33 heavy (non-hydrogen) atoms. The van der Waals surface area contributed by atoms with Crippen LogP contribution in [0, 0.1) is 0 Å². The summed E-state index contributed by atoms with van der Waals surface area (Å²) in [6.07, 6.45) is 0. The molecule has 0 unspecified atom stereocenters. The van der Waals surface area contributed by atoms with Gasteiger partial charge in [-0.2, -0.15) is 0 Å². The van der Waals surface area contributed by atoms with Gasteiger partial charge >= 0.3 is 0 Å². The molecule has 0 aliphatic rings. The van der Waals surface area contributed by atoms with Crippen molar-refractivity contribution in [1.29, 1.82) is 0 Å². The Labute approximate surface area is 185 Å². The zero-order valence-corrected chi connectivity index (χ0v) is 17.0. The fraction of sp³-hybridized carbons (Fsp3) is 0. The van der Waals surface area contributed by atoms with Crippen molar-refractivity contribution in [2.45, 2.75) is 0 Å². The Hall–Kier alpha value is -4.78. The topological polar surface area (TPSA) is 91.5 Å². The monoisotopic (exact) mass is 434 g/mol. The minimum atomic E-state index is 0.420. The first-order valence-corrected chi connectivity index (χ1v) is 10.3. The zero-order valence-electron chi connectivity index (χ0n) is 17.0. The van der Waals surface area contributed by atoms with Crippen molar-refractivity contribution in [3.05, 3.63) is 84.9 Å². The van der Waals surface area contributed by atoms with Crippen LogP contribution in [-0.4, -0.2) is 9.97 Å². The van der Waals surface area contributed by atoms with Gasteiger partial charge in [0.1, 0.15) is 11.0 Å². The molecule has 0 amide bonds. The van der Waals surface area contributed by atoms with Gasteiger partial charge < -0.3 is 22.1 Å². The van der Waals surface area contributed by atoms with Crippen molar-refractivity contribution in [2.75, 3.05) is 0 Å². The predicted molar refractivity (Wildman–Crippen MR) is 120 cm³/mol. The van der Waals surface area contributed by atoms with E-state index in [-0.39, 0.29) is 0 Å². The maximum absolute atomic E-state index is 5.98. The van der Waals surface area contributed by atoms with Gasteiger partial charge in [0.2, 0.25) is 0 Å². The number of benzene rings is 2. The van der Waals surface area contributed by atoms with Gasteiger partial charge in [-0.25, -0.2) is 9.97 Å². The highest BCUT2D eigenvalue weighted by atomic mass is 16.4. The number of para-hydroxylation sites is 4. The van der Waals surface area contributed by atoms with Gasteiger partial charge in [0.15, 0.2) is 45.7 Å². The Morgan fingerprint density at radius 2 is 0.727 bits per heavy atom. The molecule has 0 atom stereocenters. The number of fused-ring (bicyclic) bond motifs is 2. The summed E-state index contributed by atoms with van der Waals surface area (Å²) in [4.78, 5) is 8.94. The summed E-state index contributed by atoms with van der Waals surface area (Å²) in [7, 11) is 0. The molecule has 0 fully saturated rings. The van der Waals surface area contributed by atoms with Crippen LogP contribution in [-0.2, 0) is 0 Å². The first-order valence-electron chi connectivity index (χ1n) is 10.3. The molecule has 5 aromatic heterocycles. The van der Waals surface area contributed by atoms with E-state index < -0.39 is 0 Å². The summed E-state index contributed by atoms with van der Waals surface area (Å²) >= 11 is 0. The van der Waals surface area contributed by atoms with Crippen LogP contribution in [0.25, 0.3) is 68.5 Å². The molecule has 0 bridgehead atoms. The third-order valence-corrected chi connectivity index (χ3v) is 5.31. The second-order valence-corrected chi connectivity index (χ2v) is 7.47. The number of hydrogen-bond acceptors (Lipinski definition) is 7. The highest BCUT2D eigenvalue weighted by molar-refractivity contribution is 5.76. The smallest absolute Gasteiger partial charge is 0.263 e. The Kier molecular flexibility index (Phi) is 3.71. The van der Waals surface area contributed by atoms with Crippen molar-refractivity contribution < 1.29 is 22.1 Å². The Bertz CT molecular complexity index is 1550. The predicted octanol–water partition coefficient (Wildman–Crippen LogP) is 7.42. The van der Waals surface area contributed by atoms with Crippen molar-refractivity contribution in [3.63, 3.8) is 0 Å². The average molecular weight is 434 g/mol. The number of hydrogen-bond donors (Lipinski definition) is 0. The quantitative estimate of drug-likeness (QED) is 0.285. The van der Waals surface area contributed by atoms with Crippen molar-refractivity contribution >= 4 is 22.2 Å². The summed E-state index contributed by atoms with van der Waals surface area (Å²) in [6.45, 7) is 0. The maximum atomic E-state index is 5.98. The minimum absolute atomic E-state index is 0.420. The van der Waals surface area contributed by atoms with Crippen LogP contribution in [0.5, 0.6) is 0 Å². The molecule has 0 aliphatic carbocycles. The summed E-state index contributed by atoms with van der Waals surface area (Å²) < 4.78 is 29.4. The minimum Gasteiger partial charge on any atom is -0.450 e. The van der Waals surface area contributed by atoms with Crippen molar-refractivity contribution in [3.8, 4) is 46.3 Å². The van der Waals surface area contributed by atoms with Crippen LogP contribution < -0.4 is 0 Å². The van der Waals surface area contributed by atoms with Gasteiger partial charge in [0.05, 0.1) is 0 Å². The van der Waals surface area contributed by atoms with Gasteiger partial charge in [0.25, 0.3) is 11.8 Å². The first kappa shape index (κ1) is 17.9. The van der Waals surface area contributed by atoms with E-state index in [9.17, 15) is 0 Å². The van der Waals surface area contributed by atoms with E-state index >= 15 is 0 Å². The highest BCUT2D eigenvalue weighted by Gasteiger charge is 2.18. The molecule has 7 heteroatoms. The van der Waals surface area contributed by atoms with E-state index in [4.69, 9.17) is 22.1 Å². The van der Waals surface area contributed by atoms with Gasteiger partial charge in [0, 0.05) is 0 Å². The summed E-state index contributed by atoms with van der Waals surface area (Å²) in [5.41, 5.74) is 2.97. The normalized spacial score (nSPS) is 11.6. The molecule has 0 aliphatic heterocycles. The zero-order chi connectivity index (χ0) is 21.8. The first-order chi connectivity index (χ1) is 16.3. The molecule has 5 heterocycles. The van der Waals surface area contributed by atoms with Crippen LogP contribution in [0.15, 0.2) is 107 Å². The summed E-state index contributed by atoms with van der Waals surface area (Å²) in [5, 5.41) is 0. The van der Waals surface area contributed by atoms with E-state index in [0.29, 0.717) is 57.5 Å². The maximum Gasteiger partial charge on any atom is 0.263 e. The Morgan fingerprint density at radius 3 is 1.15 bits per heavy atom. The van der Waals surface area contributed by atoms with Crippen LogP contribution in [0.4, 0.5) is 0 Å². The van der Waals surface area contributed by atoms with E-state index in [0.717, 1.165) is 11.0 Å². The molecule has 158 valence electrons. The fourth-order valence-electron chi connectivity index (χ4n) is 3.73. The van der Waals surface area contributed by atoms with Crippen molar-refractivity contribution in [2.24, 2.45) is 0 Å². The second-order valence-electron chi connectivity index (χ2n) is 7.47. The van der Waals surface area contributed by atoms with Crippen molar-refractivity contribution in [1.82, 2.24) is 9.97 Å². The number of furan rings is 3. The molecule has 0 radical (unpaired) electrons. The molecule has 7 aromatic rings. The lowest BCUT2D eigenvalue weighted by atomic mass is 10.3. The van der Waals surface area contributed by atoms with Gasteiger partial charge in [-0.05, 0) is 60.7 Å².